The number of carbonyl (C=O) groups is 2. The first kappa shape index (κ1) is 23.3. The molecule has 162 valence electrons. The fourth-order valence-electron chi connectivity index (χ4n) is 3.20. The summed E-state index contributed by atoms with van der Waals surface area (Å²) < 4.78 is 5.47. The highest BCUT2D eigenvalue weighted by atomic mass is 35.5. The van der Waals surface area contributed by atoms with Gasteiger partial charge in [0.2, 0.25) is 0 Å². The monoisotopic (exact) mass is 424 g/mol. The van der Waals surface area contributed by atoms with Gasteiger partial charge in [0, 0.05) is 42.9 Å². The van der Waals surface area contributed by atoms with E-state index in [0.717, 1.165) is 12.2 Å². The molecule has 0 atom stereocenters. The van der Waals surface area contributed by atoms with Crippen LogP contribution in [0.1, 0.15) is 33.6 Å². The van der Waals surface area contributed by atoms with Crippen molar-refractivity contribution in [2.75, 3.05) is 45.2 Å². The van der Waals surface area contributed by atoms with E-state index in [9.17, 15) is 9.59 Å². The van der Waals surface area contributed by atoms with Gasteiger partial charge in [-0.2, -0.15) is 0 Å². The fraction of sp³-hybridized carbons (Fsp3) is 0.619. The molecule has 1 aliphatic rings. The van der Waals surface area contributed by atoms with E-state index in [0.29, 0.717) is 37.5 Å². The fourth-order valence-corrected chi connectivity index (χ4v) is 3.33. The summed E-state index contributed by atoms with van der Waals surface area (Å²) in [5.74, 6) is 0. The molecule has 1 heterocycles. The molecule has 7 nitrogen and oxygen atoms in total. The number of nitrogens with one attached hydrogen (secondary N) is 1. The zero-order valence-corrected chi connectivity index (χ0v) is 18.8. The molecular weight excluding hydrogens is 392 g/mol. The van der Waals surface area contributed by atoms with Crippen LogP contribution in [0.2, 0.25) is 5.02 Å². The van der Waals surface area contributed by atoms with Crippen LogP contribution in [0.4, 0.5) is 15.3 Å². The largest absolute Gasteiger partial charge is 0.444 e. The molecule has 1 fully saturated rings. The highest BCUT2D eigenvalue weighted by molar-refractivity contribution is 6.30. The Morgan fingerprint density at radius 1 is 1.17 bits per heavy atom. The maximum atomic E-state index is 13.0. The van der Waals surface area contributed by atoms with Crippen LogP contribution < -0.4 is 10.2 Å². The summed E-state index contributed by atoms with van der Waals surface area (Å²) in [6.45, 7) is 8.00. The number of rotatable bonds is 5. The van der Waals surface area contributed by atoms with Crippen molar-refractivity contribution in [2.45, 2.75) is 45.3 Å². The maximum Gasteiger partial charge on any atom is 0.410 e. The molecular formula is C21H33ClN4O3. The number of hydrogen-bond donors (Lipinski definition) is 1. The number of piperidine rings is 1. The molecule has 8 heteroatoms. The van der Waals surface area contributed by atoms with E-state index in [1.165, 1.54) is 0 Å². The van der Waals surface area contributed by atoms with E-state index in [-0.39, 0.29) is 18.2 Å². The molecule has 1 aromatic carbocycles. The van der Waals surface area contributed by atoms with Crippen LogP contribution in [-0.2, 0) is 4.74 Å². The van der Waals surface area contributed by atoms with Gasteiger partial charge in [0.15, 0.2) is 0 Å². The molecule has 0 spiro atoms. The van der Waals surface area contributed by atoms with Crippen molar-refractivity contribution in [2.24, 2.45) is 0 Å². The van der Waals surface area contributed by atoms with Gasteiger partial charge in [0.1, 0.15) is 5.60 Å². The first-order valence-electron chi connectivity index (χ1n) is 10.0. The van der Waals surface area contributed by atoms with Crippen molar-refractivity contribution >= 4 is 29.4 Å². The van der Waals surface area contributed by atoms with Crippen LogP contribution in [-0.4, -0.2) is 73.8 Å². The summed E-state index contributed by atoms with van der Waals surface area (Å²) >= 11 is 6.02. The van der Waals surface area contributed by atoms with E-state index < -0.39 is 5.60 Å². The molecule has 0 unspecified atom stereocenters. The molecule has 3 amide bonds. The van der Waals surface area contributed by atoms with Crippen LogP contribution >= 0.6 is 11.6 Å². The zero-order valence-electron chi connectivity index (χ0n) is 18.1. The average Bonchev–Trinajstić information content (AvgIpc) is 2.62. The Hall–Kier alpha value is -1.99. The van der Waals surface area contributed by atoms with Crippen molar-refractivity contribution < 1.29 is 14.3 Å². The minimum absolute atomic E-state index is 0.00535. The second kappa shape index (κ2) is 10.2. The number of amides is 3. The molecule has 2 rings (SSSR count). The third kappa shape index (κ3) is 7.40. The lowest BCUT2D eigenvalue weighted by atomic mass is 10.0. The number of ether oxygens (including phenoxy) is 1. The van der Waals surface area contributed by atoms with Gasteiger partial charge in [-0.1, -0.05) is 11.6 Å². The van der Waals surface area contributed by atoms with Crippen LogP contribution in [0, 0.1) is 0 Å². The van der Waals surface area contributed by atoms with E-state index >= 15 is 0 Å². The molecule has 1 N–H and O–H groups in total. The molecule has 29 heavy (non-hydrogen) atoms. The highest BCUT2D eigenvalue weighted by Crippen LogP contribution is 2.26. The van der Waals surface area contributed by atoms with Crippen LogP contribution in [0.5, 0.6) is 0 Å². The number of nitrogens with zero attached hydrogens (tertiary/aromatic N) is 3. The van der Waals surface area contributed by atoms with Gasteiger partial charge < -0.3 is 19.9 Å². The van der Waals surface area contributed by atoms with Crippen LogP contribution in [0.3, 0.4) is 0 Å². The summed E-state index contributed by atoms with van der Waals surface area (Å²) in [6, 6.07) is 7.14. The molecule has 0 saturated carbocycles. The molecule has 1 aliphatic heterocycles. The third-order valence-electron chi connectivity index (χ3n) is 4.64. The smallest absolute Gasteiger partial charge is 0.410 e. The first-order valence-corrected chi connectivity index (χ1v) is 10.4. The Bertz CT molecular complexity index is 680. The van der Waals surface area contributed by atoms with Gasteiger partial charge >= 0.3 is 12.1 Å². The van der Waals surface area contributed by atoms with Gasteiger partial charge in [-0.25, -0.2) is 9.59 Å². The number of halogens is 1. The van der Waals surface area contributed by atoms with Crippen molar-refractivity contribution in [3.63, 3.8) is 0 Å². The summed E-state index contributed by atoms with van der Waals surface area (Å²) in [6.07, 6.45) is 1.07. The van der Waals surface area contributed by atoms with Gasteiger partial charge in [-0.15, -0.1) is 0 Å². The number of likely N-dealkylation sites (tertiary alicyclic amines) is 1. The zero-order chi connectivity index (χ0) is 21.6. The van der Waals surface area contributed by atoms with Crippen LogP contribution in [0.15, 0.2) is 24.3 Å². The average molecular weight is 425 g/mol. The van der Waals surface area contributed by atoms with Gasteiger partial charge in [0.05, 0.1) is 0 Å². The minimum Gasteiger partial charge on any atom is -0.444 e. The van der Waals surface area contributed by atoms with Crippen molar-refractivity contribution in [1.29, 1.82) is 0 Å². The molecule has 0 aromatic heterocycles. The second-order valence-electron chi connectivity index (χ2n) is 8.58. The second-order valence-corrected chi connectivity index (χ2v) is 9.02. The number of likely N-dealkylation sites (N-methyl/N-ethyl adjacent to an activating group) is 1. The number of urea groups is 1. The van der Waals surface area contributed by atoms with Gasteiger partial charge in [-0.3, -0.25) is 4.90 Å². The summed E-state index contributed by atoms with van der Waals surface area (Å²) in [5, 5.41) is 3.62. The van der Waals surface area contributed by atoms with E-state index in [2.05, 4.69) is 5.32 Å². The lowest BCUT2D eigenvalue weighted by Crippen LogP contribution is -2.53. The molecule has 1 aromatic rings. The van der Waals surface area contributed by atoms with Crippen molar-refractivity contribution in [3.05, 3.63) is 29.3 Å². The standard InChI is InChI=1S/C21H33ClN4O3/c1-21(2,3)29-20(28)25-13-10-18(11-14-25)26(17-8-6-16(22)7-9-17)19(27)23-12-15-24(4)5/h6-9,18H,10-15H2,1-5H3,(H,23,27). The molecule has 0 bridgehead atoms. The van der Waals surface area contributed by atoms with Gasteiger partial charge in [0.25, 0.3) is 0 Å². The van der Waals surface area contributed by atoms with Crippen molar-refractivity contribution in [1.82, 2.24) is 15.1 Å². The Morgan fingerprint density at radius 2 is 1.76 bits per heavy atom. The topological polar surface area (TPSA) is 65.1 Å². The predicted molar refractivity (Wildman–Crippen MR) is 117 cm³/mol. The lowest BCUT2D eigenvalue weighted by Gasteiger charge is -2.39. The number of anilines is 1. The van der Waals surface area contributed by atoms with E-state index in [1.54, 1.807) is 21.9 Å². The van der Waals surface area contributed by atoms with Crippen molar-refractivity contribution in [3.8, 4) is 0 Å². The Labute approximate surface area is 178 Å². The summed E-state index contributed by atoms with van der Waals surface area (Å²) in [5.41, 5.74) is 0.280. The first-order chi connectivity index (χ1) is 13.6. The van der Waals surface area contributed by atoms with Crippen LogP contribution in [0.25, 0.3) is 0 Å². The Kier molecular flexibility index (Phi) is 8.16. The van der Waals surface area contributed by atoms with E-state index in [1.807, 2.05) is 51.9 Å². The normalized spacial score (nSPS) is 15.3. The lowest BCUT2D eigenvalue weighted by molar-refractivity contribution is 0.0206. The Morgan fingerprint density at radius 3 is 2.28 bits per heavy atom. The maximum absolute atomic E-state index is 13.0. The minimum atomic E-state index is -0.518. The summed E-state index contributed by atoms with van der Waals surface area (Å²) in [4.78, 5) is 30.8. The number of benzene rings is 1. The highest BCUT2D eigenvalue weighted by Gasteiger charge is 2.32. The third-order valence-corrected chi connectivity index (χ3v) is 4.89. The number of carbonyl (C=O) groups excluding carboxylic acids is 2. The Balaban J connectivity index is 2.06. The molecule has 0 radical (unpaired) electrons. The molecule has 0 aliphatic carbocycles. The summed E-state index contributed by atoms with van der Waals surface area (Å²) in [7, 11) is 3.94. The van der Waals surface area contributed by atoms with E-state index in [4.69, 9.17) is 16.3 Å². The van der Waals surface area contributed by atoms with Gasteiger partial charge in [-0.05, 0) is 72.0 Å². The predicted octanol–water partition coefficient (Wildman–Crippen LogP) is 3.82. The quantitative estimate of drug-likeness (QED) is 0.780. The number of hydrogen-bond acceptors (Lipinski definition) is 4. The SMILES string of the molecule is CN(C)CCNC(=O)N(c1ccc(Cl)cc1)C1CCN(C(=O)OC(C)(C)C)CC1. The molecule has 1 saturated heterocycles.